The van der Waals surface area contributed by atoms with Gasteiger partial charge in [0.1, 0.15) is 0 Å². The van der Waals surface area contributed by atoms with Gasteiger partial charge in [0.15, 0.2) is 8.38 Å². The number of nitrogens with one attached hydrogen (secondary N) is 1. The molecule has 0 radical (unpaired) electrons. The molecule has 16 heavy (non-hydrogen) atoms. The smallest absolute Gasteiger partial charge is 0.250 e. The van der Waals surface area contributed by atoms with Crippen LogP contribution in [0.25, 0.3) is 0 Å². The third kappa shape index (κ3) is 4.11. The van der Waals surface area contributed by atoms with Crippen LogP contribution in [0.1, 0.15) is 12.5 Å². The third-order valence-corrected chi connectivity index (χ3v) is 2.57. The van der Waals surface area contributed by atoms with E-state index < -0.39 is 8.38 Å². The molecule has 0 saturated carbocycles. The highest BCUT2D eigenvalue weighted by atomic mass is 31.2. The standard InChI is InChI=1S/C11H14NO3P/c1-8(2)11(13)12-10-5-3-9(4-6-10)7-16(14)15/h3-6,14-15H,1,7H2,2H3,(H,12,13). The van der Waals surface area contributed by atoms with E-state index in [0.717, 1.165) is 5.56 Å². The van der Waals surface area contributed by atoms with Crippen LogP contribution >= 0.6 is 8.38 Å². The minimum Gasteiger partial charge on any atom is -0.350 e. The summed E-state index contributed by atoms with van der Waals surface area (Å²) in [5, 5.41) is 2.66. The van der Waals surface area contributed by atoms with E-state index in [2.05, 4.69) is 11.9 Å². The van der Waals surface area contributed by atoms with Crippen molar-refractivity contribution in [3.8, 4) is 0 Å². The molecule has 5 heteroatoms. The summed E-state index contributed by atoms with van der Waals surface area (Å²) < 4.78 is 0. The fourth-order valence-corrected chi connectivity index (χ4v) is 1.63. The van der Waals surface area contributed by atoms with Crippen LogP contribution in [0.3, 0.4) is 0 Å². The minimum absolute atomic E-state index is 0.223. The number of rotatable bonds is 4. The summed E-state index contributed by atoms with van der Waals surface area (Å²) in [4.78, 5) is 29.0. The molecule has 0 bridgehead atoms. The maximum atomic E-state index is 11.3. The lowest BCUT2D eigenvalue weighted by Crippen LogP contribution is -2.11. The quantitative estimate of drug-likeness (QED) is 0.556. The molecular weight excluding hydrogens is 225 g/mol. The van der Waals surface area contributed by atoms with E-state index in [1.165, 1.54) is 0 Å². The largest absolute Gasteiger partial charge is 0.350 e. The second kappa shape index (κ2) is 5.75. The summed E-state index contributed by atoms with van der Waals surface area (Å²) >= 11 is 0. The summed E-state index contributed by atoms with van der Waals surface area (Å²) in [6, 6.07) is 6.93. The Balaban J connectivity index is 2.64. The van der Waals surface area contributed by atoms with Gasteiger partial charge in [-0.05, 0) is 24.6 Å². The molecule has 0 aliphatic carbocycles. The highest BCUT2D eigenvalue weighted by molar-refractivity contribution is 7.44. The monoisotopic (exact) mass is 239 g/mol. The highest BCUT2D eigenvalue weighted by Gasteiger charge is 2.04. The first-order valence-electron chi connectivity index (χ1n) is 4.70. The van der Waals surface area contributed by atoms with Crippen LogP contribution in [-0.2, 0) is 11.0 Å². The van der Waals surface area contributed by atoms with E-state index in [4.69, 9.17) is 9.79 Å². The number of anilines is 1. The Kier molecular flexibility index (Phi) is 4.62. The molecule has 4 nitrogen and oxygen atoms in total. The summed E-state index contributed by atoms with van der Waals surface area (Å²) in [6.07, 6.45) is 0.240. The number of carbonyl (C=O) groups is 1. The zero-order valence-electron chi connectivity index (χ0n) is 8.97. The second-order valence-electron chi connectivity index (χ2n) is 3.46. The van der Waals surface area contributed by atoms with Crippen LogP contribution < -0.4 is 5.32 Å². The molecule has 0 fully saturated rings. The van der Waals surface area contributed by atoms with E-state index in [1.807, 2.05) is 0 Å². The van der Waals surface area contributed by atoms with Gasteiger partial charge >= 0.3 is 0 Å². The Labute approximate surface area is 95.5 Å². The molecule has 1 aromatic rings. The molecule has 0 aromatic heterocycles. The number of benzene rings is 1. The van der Waals surface area contributed by atoms with E-state index in [9.17, 15) is 4.79 Å². The van der Waals surface area contributed by atoms with Crippen LogP contribution in [0.2, 0.25) is 0 Å². The van der Waals surface area contributed by atoms with Crippen molar-refractivity contribution >= 4 is 20.0 Å². The van der Waals surface area contributed by atoms with Gasteiger partial charge < -0.3 is 15.1 Å². The zero-order chi connectivity index (χ0) is 12.1. The molecule has 1 amide bonds. The zero-order valence-corrected chi connectivity index (χ0v) is 9.87. The van der Waals surface area contributed by atoms with Crippen LogP contribution in [0.4, 0.5) is 5.69 Å². The molecule has 0 spiro atoms. The van der Waals surface area contributed by atoms with Crippen LogP contribution in [0, 0.1) is 0 Å². The average molecular weight is 239 g/mol. The lowest BCUT2D eigenvalue weighted by atomic mass is 10.2. The van der Waals surface area contributed by atoms with Crippen molar-refractivity contribution in [2.45, 2.75) is 13.1 Å². The molecule has 1 rings (SSSR count). The SMILES string of the molecule is C=C(C)C(=O)Nc1ccc(CP(O)O)cc1. The summed E-state index contributed by atoms with van der Waals surface area (Å²) in [5.74, 6) is -0.223. The topological polar surface area (TPSA) is 69.6 Å². The second-order valence-corrected chi connectivity index (χ2v) is 4.52. The van der Waals surface area contributed by atoms with Gasteiger partial charge in [-0.2, -0.15) is 0 Å². The number of hydrogen-bond acceptors (Lipinski definition) is 3. The normalized spacial score (nSPS) is 10.2. The van der Waals surface area contributed by atoms with Crippen molar-refractivity contribution in [3.05, 3.63) is 42.0 Å². The average Bonchev–Trinajstić information content (AvgIpc) is 2.20. The molecule has 0 aliphatic heterocycles. The maximum Gasteiger partial charge on any atom is 0.250 e. The van der Waals surface area contributed by atoms with Crippen LogP contribution in [0.15, 0.2) is 36.4 Å². The Bertz CT molecular complexity index is 387. The van der Waals surface area contributed by atoms with Crippen molar-refractivity contribution in [1.29, 1.82) is 0 Å². The van der Waals surface area contributed by atoms with Crippen molar-refractivity contribution in [3.63, 3.8) is 0 Å². The molecule has 0 unspecified atom stereocenters. The lowest BCUT2D eigenvalue weighted by Gasteiger charge is -2.06. The van der Waals surface area contributed by atoms with Crippen molar-refractivity contribution in [2.75, 3.05) is 5.32 Å². The van der Waals surface area contributed by atoms with Gasteiger partial charge in [0.25, 0.3) is 5.91 Å². The number of carbonyl (C=O) groups excluding carboxylic acids is 1. The van der Waals surface area contributed by atoms with Crippen LogP contribution in [0.5, 0.6) is 0 Å². The first-order chi connectivity index (χ1) is 7.49. The molecule has 0 aliphatic rings. The maximum absolute atomic E-state index is 11.3. The Morgan fingerprint density at radius 2 is 1.94 bits per heavy atom. The summed E-state index contributed by atoms with van der Waals surface area (Å²) in [5.41, 5.74) is 1.93. The fourth-order valence-electron chi connectivity index (χ4n) is 1.09. The number of amides is 1. The van der Waals surface area contributed by atoms with Gasteiger partial charge in [-0.3, -0.25) is 4.79 Å². The van der Waals surface area contributed by atoms with Gasteiger partial charge in [-0.1, -0.05) is 18.7 Å². The molecule has 86 valence electrons. The Morgan fingerprint density at radius 3 is 2.38 bits per heavy atom. The summed E-state index contributed by atoms with van der Waals surface area (Å²) in [6.45, 7) is 5.17. The third-order valence-electron chi connectivity index (χ3n) is 1.92. The lowest BCUT2D eigenvalue weighted by molar-refractivity contribution is -0.112. The molecule has 1 aromatic carbocycles. The molecule has 0 saturated heterocycles. The van der Waals surface area contributed by atoms with Gasteiger partial charge in [0.05, 0.1) is 0 Å². The van der Waals surface area contributed by atoms with Crippen molar-refractivity contribution in [1.82, 2.24) is 0 Å². The van der Waals surface area contributed by atoms with Crippen LogP contribution in [-0.4, -0.2) is 15.7 Å². The minimum atomic E-state index is -1.91. The first kappa shape index (κ1) is 12.8. The molecular formula is C11H14NO3P. The van der Waals surface area contributed by atoms with Gasteiger partial charge in [-0.25, -0.2) is 0 Å². The summed E-state index contributed by atoms with van der Waals surface area (Å²) in [7, 11) is -1.91. The fraction of sp³-hybridized carbons (Fsp3) is 0.182. The Morgan fingerprint density at radius 1 is 1.38 bits per heavy atom. The van der Waals surface area contributed by atoms with Crippen molar-refractivity contribution < 1.29 is 14.6 Å². The Hall–Kier alpha value is -1.22. The van der Waals surface area contributed by atoms with E-state index in [1.54, 1.807) is 31.2 Å². The molecule has 0 atom stereocenters. The molecule has 3 N–H and O–H groups in total. The predicted molar refractivity (Wildman–Crippen MR) is 64.9 cm³/mol. The van der Waals surface area contributed by atoms with Gasteiger partial charge in [0, 0.05) is 17.4 Å². The highest BCUT2D eigenvalue weighted by Crippen LogP contribution is 2.29. The van der Waals surface area contributed by atoms with Crippen molar-refractivity contribution in [2.24, 2.45) is 0 Å². The predicted octanol–water partition coefficient (Wildman–Crippen LogP) is 2.00. The van der Waals surface area contributed by atoms with E-state index in [0.29, 0.717) is 11.3 Å². The van der Waals surface area contributed by atoms with Gasteiger partial charge in [-0.15, -0.1) is 0 Å². The number of hydrogen-bond donors (Lipinski definition) is 3. The van der Waals surface area contributed by atoms with E-state index >= 15 is 0 Å². The molecule has 0 heterocycles. The van der Waals surface area contributed by atoms with E-state index in [-0.39, 0.29) is 12.1 Å². The first-order valence-corrected chi connectivity index (χ1v) is 6.13. The van der Waals surface area contributed by atoms with Gasteiger partial charge in [0.2, 0.25) is 0 Å².